The van der Waals surface area contributed by atoms with Gasteiger partial charge in [0.1, 0.15) is 11.6 Å². The number of rotatable bonds is 3. The minimum Gasteiger partial charge on any atom is -0.464 e. The number of halogens is 2. The molecule has 5 nitrogen and oxygen atoms in total. The summed E-state index contributed by atoms with van der Waals surface area (Å²) in [4.78, 5) is 18.9. The Labute approximate surface area is 107 Å². The summed E-state index contributed by atoms with van der Waals surface area (Å²) in [6.07, 6.45) is 1.32. The van der Waals surface area contributed by atoms with Crippen LogP contribution in [0, 0.1) is 11.6 Å². The zero-order valence-corrected chi connectivity index (χ0v) is 9.85. The molecule has 1 aromatic carbocycles. The van der Waals surface area contributed by atoms with E-state index in [0.29, 0.717) is 0 Å². The Morgan fingerprint density at radius 1 is 1.32 bits per heavy atom. The highest BCUT2D eigenvalue weighted by atomic mass is 19.1. The van der Waals surface area contributed by atoms with E-state index in [1.807, 2.05) is 0 Å². The van der Waals surface area contributed by atoms with Crippen molar-refractivity contribution in [2.24, 2.45) is 0 Å². The van der Waals surface area contributed by atoms with Crippen LogP contribution in [0.4, 0.5) is 20.4 Å². The summed E-state index contributed by atoms with van der Waals surface area (Å²) in [5.41, 5.74) is 0.0333. The first-order chi connectivity index (χ1) is 9.10. The van der Waals surface area contributed by atoms with Gasteiger partial charge in [-0.05, 0) is 18.2 Å². The molecule has 0 aliphatic rings. The molecule has 0 amide bonds. The number of aromatic nitrogens is 2. The molecule has 0 fully saturated rings. The highest BCUT2D eigenvalue weighted by Gasteiger charge is 2.10. The lowest BCUT2D eigenvalue weighted by Gasteiger charge is -2.06. The van der Waals surface area contributed by atoms with Crippen molar-refractivity contribution < 1.29 is 18.3 Å². The van der Waals surface area contributed by atoms with Gasteiger partial charge in [-0.15, -0.1) is 0 Å². The number of hydrogen-bond donors (Lipinski definition) is 1. The molecule has 1 heterocycles. The van der Waals surface area contributed by atoms with E-state index in [1.54, 1.807) is 0 Å². The van der Waals surface area contributed by atoms with Gasteiger partial charge in [0.25, 0.3) is 0 Å². The molecule has 0 aliphatic carbocycles. The van der Waals surface area contributed by atoms with Crippen LogP contribution < -0.4 is 5.32 Å². The lowest BCUT2D eigenvalue weighted by molar-refractivity contribution is 0.0594. The van der Waals surface area contributed by atoms with E-state index < -0.39 is 17.6 Å². The molecule has 1 aromatic heterocycles. The van der Waals surface area contributed by atoms with Crippen molar-refractivity contribution in [2.45, 2.75) is 0 Å². The average Bonchev–Trinajstić information content (AvgIpc) is 2.41. The molecule has 0 aliphatic heterocycles. The molecule has 2 aromatic rings. The predicted molar refractivity (Wildman–Crippen MR) is 63.0 cm³/mol. The number of anilines is 2. The van der Waals surface area contributed by atoms with Crippen LogP contribution in [-0.2, 0) is 4.74 Å². The molecule has 0 radical (unpaired) electrons. The number of benzene rings is 1. The highest BCUT2D eigenvalue weighted by molar-refractivity contribution is 5.87. The molecule has 0 unspecified atom stereocenters. The fourth-order valence-electron chi connectivity index (χ4n) is 1.35. The molecule has 1 N–H and O–H groups in total. The van der Waals surface area contributed by atoms with E-state index in [2.05, 4.69) is 20.0 Å². The van der Waals surface area contributed by atoms with Gasteiger partial charge in [-0.25, -0.2) is 23.5 Å². The first-order valence-electron chi connectivity index (χ1n) is 5.23. The minimum atomic E-state index is -0.785. The molecule has 7 heteroatoms. The lowest BCUT2D eigenvalue weighted by Crippen LogP contribution is -2.07. The van der Waals surface area contributed by atoms with Gasteiger partial charge >= 0.3 is 5.97 Å². The largest absolute Gasteiger partial charge is 0.464 e. The van der Waals surface area contributed by atoms with Gasteiger partial charge in [0.15, 0.2) is 5.69 Å². The summed E-state index contributed by atoms with van der Waals surface area (Å²) in [6, 6.07) is 4.39. The third-order valence-corrected chi connectivity index (χ3v) is 2.23. The number of ether oxygens (including phenoxy) is 1. The Hall–Kier alpha value is -2.57. The third-order valence-electron chi connectivity index (χ3n) is 2.23. The molecule has 0 bridgehead atoms. The number of carbonyl (C=O) groups is 1. The second-order valence-electron chi connectivity index (χ2n) is 3.51. The van der Waals surface area contributed by atoms with Crippen LogP contribution >= 0.6 is 0 Å². The van der Waals surface area contributed by atoms with Crippen LogP contribution in [0.3, 0.4) is 0 Å². The van der Waals surface area contributed by atoms with Crippen molar-refractivity contribution in [3.05, 3.63) is 47.8 Å². The molecule has 0 saturated carbocycles. The summed E-state index contributed by atoms with van der Waals surface area (Å²) < 4.78 is 30.7. The monoisotopic (exact) mass is 265 g/mol. The number of nitrogens with one attached hydrogen (secondary N) is 1. The summed E-state index contributed by atoms with van der Waals surface area (Å²) >= 11 is 0. The van der Waals surface area contributed by atoms with Crippen molar-refractivity contribution in [1.29, 1.82) is 0 Å². The summed E-state index contributed by atoms with van der Waals surface area (Å²) in [5, 5.41) is 2.55. The first kappa shape index (κ1) is 12.9. The Morgan fingerprint density at radius 2 is 2.11 bits per heavy atom. The SMILES string of the molecule is COC(=O)c1ccnc(Nc2ccc(F)cc2F)n1. The van der Waals surface area contributed by atoms with E-state index in [4.69, 9.17) is 0 Å². The van der Waals surface area contributed by atoms with Gasteiger partial charge in [-0.1, -0.05) is 0 Å². The van der Waals surface area contributed by atoms with Gasteiger partial charge in [0.05, 0.1) is 12.8 Å². The van der Waals surface area contributed by atoms with Crippen LogP contribution in [0.25, 0.3) is 0 Å². The summed E-state index contributed by atoms with van der Waals surface area (Å²) in [6.45, 7) is 0. The lowest BCUT2D eigenvalue weighted by atomic mass is 10.3. The van der Waals surface area contributed by atoms with Gasteiger partial charge in [0, 0.05) is 12.3 Å². The normalized spacial score (nSPS) is 10.1. The van der Waals surface area contributed by atoms with Crippen LogP contribution in [0.2, 0.25) is 0 Å². The fraction of sp³-hybridized carbons (Fsp3) is 0.0833. The molecule has 0 atom stereocenters. The summed E-state index contributed by atoms with van der Waals surface area (Å²) in [5.74, 6) is -2.10. The van der Waals surface area contributed by atoms with Crippen molar-refractivity contribution in [3.8, 4) is 0 Å². The Bertz CT molecular complexity index is 620. The van der Waals surface area contributed by atoms with Gasteiger partial charge in [-0.2, -0.15) is 0 Å². The second-order valence-corrected chi connectivity index (χ2v) is 3.51. The summed E-state index contributed by atoms with van der Waals surface area (Å²) in [7, 11) is 1.22. The maximum atomic E-state index is 13.4. The van der Waals surface area contributed by atoms with Crippen molar-refractivity contribution in [1.82, 2.24) is 9.97 Å². The number of carbonyl (C=O) groups excluding carboxylic acids is 1. The van der Waals surface area contributed by atoms with E-state index in [-0.39, 0.29) is 17.3 Å². The third kappa shape index (κ3) is 3.01. The number of nitrogens with zero attached hydrogens (tertiary/aromatic N) is 2. The maximum absolute atomic E-state index is 13.4. The average molecular weight is 265 g/mol. The Kier molecular flexibility index (Phi) is 3.65. The van der Waals surface area contributed by atoms with Crippen molar-refractivity contribution in [2.75, 3.05) is 12.4 Å². The molecular weight excluding hydrogens is 256 g/mol. The molecular formula is C12H9F2N3O2. The molecule has 0 spiro atoms. The van der Waals surface area contributed by atoms with E-state index in [0.717, 1.165) is 12.1 Å². The van der Waals surface area contributed by atoms with Crippen LogP contribution in [0.15, 0.2) is 30.5 Å². The topological polar surface area (TPSA) is 64.1 Å². The van der Waals surface area contributed by atoms with Crippen LogP contribution in [-0.4, -0.2) is 23.0 Å². The number of methoxy groups -OCH3 is 1. The standard InChI is InChI=1S/C12H9F2N3O2/c1-19-11(18)10-4-5-15-12(17-10)16-9-3-2-7(13)6-8(9)14/h2-6H,1H3,(H,15,16,17). The van der Waals surface area contributed by atoms with E-state index in [9.17, 15) is 13.6 Å². The molecule has 98 valence electrons. The number of esters is 1. The first-order valence-corrected chi connectivity index (χ1v) is 5.23. The van der Waals surface area contributed by atoms with Crippen LogP contribution in [0.1, 0.15) is 10.5 Å². The van der Waals surface area contributed by atoms with E-state index in [1.165, 1.54) is 25.4 Å². The van der Waals surface area contributed by atoms with Crippen molar-refractivity contribution >= 4 is 17.6 Å². The molecule has 2 rings (SSSR count). The predicted octanol–water partition coefficient (Wildman–Crippen LogP) is 2.29. The maximum Gasteiger partial charge on any atom is 0.356 e. The number of hydrogen-bond acceptors (Lipinski definition) is 5. The van der Waals surface area contributed by atoms with E-state index >= 15 is 0 Å². The second kappa shape index (κ2) is 5.38. The zero-order chi connectivity index (χ0) is 13.8. The Balaban J connectivity index is 2.26. The van der Waals surface area contributed by atoms with Gasteiger partial charge < -0.3 is 10.1 Å². The minimum absolute atomic E-state index is 0.00316. The fourth-order valence-corrected chi connectivity index (χ4v) is 1.35. The smallest absolute Gasteiger partial charge is 0.356 e. The highest BCUT2D eigenvalue weighted by Crippen LogP contribution is 2.18. The Morgan fingerprint density at radius 3 is 2.79 bits per heavy atom. The van der Waals surface area contributed by atoms with Crippen molar-refractivity contribution in [3.63, 3.8) is 0 Å². The van der Waals surface area contributed by atoms with Gasteiger partial charge in [-0.3, -0.25) is 0 Å². The van der Waals surface area contributed by atoms with Crippen LogP contribution in [0.5, 0.6) is 0 Å². The molecule has 0 saturated heterocycles. The quantitative estimate of drug-likeness (QED) is 0.862. The molecule has 19 heavy (non-hydrogen) atoms. The van der Waals surface area contributed by atoms with Gasteiger partial charge in [0.2, 0.25) is 5.95 Å². The zero-order valence-electron chi connectivity index (χ0n) is 9.85.